The Balaban J connectivity index is 1.69. The number of hydrogen-bond acceptors (Lipinski definition) is 5. The molecule has 0 N–H and O–H groups in total. The molecule has 0 amide bonds. The minimum absolute atomic E-state index is 0.0818. The van der Waals surface area contributed by atoms with Gasteiger partial charge in [0.25, 0.3) is 0 Å². The predicted molar refractivity (Wildman–Crippen MR) is 124 cm³/mol. The molecule has 0 unspecified atom stereocenters. The summed E-state index contributed by atoms with van der Waals surface area (Å²) in [5, 5.41) is 0.919. The summed E-state index contributed by atoms with van der Waals surface area (Å²) in [6, 6.07) is 17.6. The van der Waals surface area contributed by atoms with Gasteiger partial charge in [-0.15, -0.1) is 0 Å². The number of imidazole rings is 1. The van der Waals surface area contributed by atoms with Crippen molar-refractivity contribution in [1.82, 2.24) is 19.1 Å². The van der Waals surface area contributed by atoms with Crippen molar-refractivity contribution in [3.05, 3.63) is 83.0 Å². The van der Waals surface area contributed by atoms with E-state index in [1.54, 1.807) is 42.8 Å². The molecule has 2 aromatic carbocycles. The Bertz CT molecular complexity index is 1480. The number of aryl methyl sites for hydroxylation is 1. The zero-order valence-electron chi connectivity index (χ0n) is 18.1. The Morgan fingerprint density at radius 3 is 2.34 bits per heavy atom. The van der Waals surface area contributed by atoms with Crippen LogP contribution in [-0.4, -0.2) is 33.3 Å². The lowest BCUT2D eigenvalue weighted by Gasteiger charge is -2.09. The van der Waals surface area contributed by atoms with Crippen LogP contribution in [0, 0.1) is 0 Å². The predicted octanol–water partition coefficient (Wildman–Crippen LogP) is 4.02. The molecule has 0 radical (unpaired) electrons. The van der Waals surface area contributed by atoms with Gasteiger partial charge in [-0.1, -0.05) is 18.2 Å². The largest absolute Gasteiger partial charge is 0.497 e. The third-order valence-corrected chi connectivity index (χ3v) is 5.75. The minimum Gasteiger partial charge on any atom is -0.497 e. The number of rotatable bonds is 5. The van der Waals surface area contributed by atoms with E-state index >= 15 is 0 Å². The van der Waals surface area contributed by atoms with Crippen molar-refractivity contribution in [2.24, 2.45) is 7.05 Å². The Labute approximate surface area is 184 Å². The molecular weight excluding hydrogens is 404 g/mol. The van der Waals surface area contributed by atoms with Crippen LogP contribution in [0.3, 0.4) is 0 Å². The van der Waals surface area contributed by atoms with Crippen LogP contribution in [0.25, 0.3) is 33.1 Å². The number of nitrogens with zero attached hydrogens (tertiary/aromatic N) is 4. The molecule has 3 heterocycles. The number of benzene rings is 2. The molecule has 7 nitrogen and oxygen atoms in total. The van der Waals surface area contributed by atoms with Gasteiger partial charge in [0.1, 0.15) is 5.75 Å². The molecule has 3 aromatic heterocycles. The average molecular weight is 426 g/mol. The maximum absolute atomic E-state index is 13.1. The lowest BCUT2D eigenvalue weighted by molar-refractivity contribution is 0.398. The van der Waals surface area contributed by atoms with Crippen LogP contribution >= 0.6 is 0 Å². The number of fused-ring (bicyclic) bond motifs is 3. The van der Waals surface area contributed by atoms with Crippen molar-refractivity contribution in [1.29, 1.82) is 0 Å². The zero-order chi connectivity index (χ0) is 22.2. The molecule has 0 spiro atoms. The molecule has 5 rings (SSSR count). The van der Waals surface area contributed by atoms with Gasteiger partial charge in [0.05, 0.1) is 43.5 Å². The fourth-order valence-corrected chi connectivity index (χ4v) is 3.99. The summed E-state index contributed by atoms with van der Waals surface area (Å²) in [5.74, 6) is 1.35. The van der Waals surface area contributed by atoms with Gasteiger partial charge < -0.3 is 9.47 Å². The van der Waals surface area contributed by atoms with E-state index < -0.39 is 0 Å². The first-order valence-electron chi connectivity index (χ1n) is 10.2. The van der Waals surface area contributed by atoms with Gasteiger partial charge in [-0.2, -0.15) is 0 Å². The molecule has 0 aliphatic heterocycles. The van der Waals surface area contributed by atoms with Crippen molar-refractivity contribution in [2.45, 2.75) is 6.54 Å². The molecule has 0 saturated heterocycles. The highest BCUT2D eigenvalue weighted by Crippen LogP contribution is 2.29. The standard InChI is InChI=1S/C25H22N4O3/c1-28-22-14-26-21-10-6-17(18-7-11-23(32-3)27-13-18)12-20(21)24(22)29(25(28)30)15-16-4-8-19(31-2)9-5-16/h4-14H,15H2,1-3H3. The van der Waals surface area contributed by atoms with E-state index in [2.05, 4.69) is 16.0 Å². The lowest BCUT2D eigenvalue weighted by Crippen LogP contribution is -2.22. The van der Waals surface area contributed by atoms with Crippen molar-refractivity contribution in [3.8, 4) is 22.8 Å². The van der Waals surface area contributed by atoms with Crippen molar-refractivity contribution >= 4 is 21.9 Å². The summed E-state index contributed by atoms with van der Waals surface area (Å²) < 4.78 is 13.9. The maximum Gasteiger partial charge on any atom is 0.329 e. The van der Waals surface area contributed by atoms with Gasteiger partial charge in [-0.05, 0) is 41.5 Å². The molecule has 0 aliphatic rings. The Morgan fingerprint density at radius 1 is 0.875 bits per heavy atom. The maximum atomic E-state index is 13.1. The van der Waals surface area contributed by atoms with E-state index in [9.17, 15) is 4.79 Å². The van der Waals surface area contributed by atoms with E-state index in [0.717, 1.165) is 44.4 Å². The van der Waals surface area contributed by atoms with Crippen LogP contribution in [0.5, 0.6) is 11.6 Å². The summed E-state index contributed by atoms with van der Waals surface area (Å²) in [6.07, 6.45) is 3.54. The van der Waals surface area contributed by atoms with E-state index in [-0.39, 0.29) is 5.69 Å². The highest BCUT2D eigenvalue weighted by Gasteiger charge is 2.16. The van der Waals surface area contributed by atoms with Gasteiger partial charge in [0.15, 0.2) is 0 Å². The van der Waals surface area contributed by atoms with Crippen molar-refractivity contribution in [2.75, 3.05) is 14.2 Å². The molecule has 5 aromatic rings. The second kappa shape index (κ2) is 7.85. The van der Waals surface area contributed by atoms with Gasteiger partial charge in [-0.3, -0.25) is 14.1 Å². The summed E-state index contributed by atoms with van der Waals surface area (Å²) in [7, 11) is 5.01. The van der Waals surface area contributed by atoms with E-state index in [4.69, 9.17) is 9.47 Å². The second-order valence-electron chi connectivity index (χ2n) is 7.59. The molecule has 32 heavy (non-hydrogen) atoms. The zero-order valence-corrected chi connectivity index (χ0v) is 18.1. The van der Waals surface area contributed by atoms with Gasteiger partial charge in [0, 0.05) is 30.3 Å². The Morgan fingerprint density at radius 2 is 1.66 bits per heavy atom. The molecule has 0 fully saturated rings. The molecule has 0 bridgehead atoms. The van der Waals surface area contributed by atoms with Gasteiger partial charge >= 0.3 is 5.69 Å². The minimum atomic E-state index is -0.0818. The third-order valence-electron chi connectivity index (χ3n) is 5.75. The molecule has 0 atom stereocenters. The summed E-state index contributed by atoms with van der Waals surface area (Å²) in [6.45, 7) is 0.452. The first kappa shape index (κ1) is 19.8. The van der Waals surface area contributed by atoms with Crippen LogP contribution in [0.15, 0.2) is 71.8 Å². The fraction of sp³-hybridized carbons (Fsp3) is 0.160. The average Bonchev–Trinajstić information content (AvgIpc) is 3.09. The monoisotopic (exact) mass is 426 g/mol. The number of ether oxygens (including phenoxy) is 2. The van der Waals surface area contributed by atoms with Crippen LogP contribution in [-0.2, 0) is 13.6 Å². The molecule has 160 valence electrons. The van der Waals surface area contributed by atoms with Crippen molar-refractivity contribution in [3.63, 3.8) is 0 Å². The van der Waals surface area contributed by atoms with Gasteiger partial charge in [-0.25, -0.2) is 9.78 Å². The topological polar surface area (TPSA) is 71.2 Å². The van der Waals surface area contributed by atoms with E-state index in [1.807, 2.05) is 48.5 Å². The fourth-order valence-electron chi connectivity index (χ4n) is 3.99. The SMILES string of the molecule is COc1ccc(Cn2c(=O)n(C)c3cnc4ccc(-c5ccc(OC)nc5)cc4c32)cc1. The highest BCUT2D eigenvalue weighted by molar-refractivity contribution is 6.04. The summed E-state index contributed by atoms with van der Waals surface area (Å²) >= 11 is 0. The second-order valence-corrected chi connectivity index (χ2v) is 7.59. The lowest BCUT2D eigenvalue weighted by atomic mass is 10.0. The Hall–Kier alpha value is -4.13. The van der Waals surface area contributed by atoms with Crippen LogP contribution < -0.4 is 15.2 Å². The van der Waals surface area contributed by atoms with Crippen LogP contribution in [0.4, 0.5) is 0 Å². The molecule has 7 heteroatoms. The molecular formula is C25H22N4O3. The molecule has 0 aliphatic carbocycles. The first-order chi connectivity index (χ1) is 15.6. The first-order valence-corrected chi connectivity index (χ1v) is 10.2. The number of methoxy groups -OCH3 is 2. The number of hydrogen-bond donors (Lipinski definition) is 0. The van der Waals surface area contributed by atoms with E-state index in [0.29, 0.717) is 12.4 Å². The Kier molecular flexibility index (Phi) is 4.86. The summed E-state index contributed by atoms with van der Waals surface area (Å²) in [4.78, 5) is 22.0. The van der Waals surface area contributed by atoms with E-state index in [1.165, 1.54) is 0 Å². The molecule has 0 saturated carbocycles. The summed E-state index contributed by atoms with van der Waals surface area (Å²) in [5.41, 5.74) is 5.38. The highest BCUT2D eigenvalue weighted by atomic mass is 16.5. The van der Waals surface area contributed by atoms with Crippen LogP contribution in [0.2, 0.25) is 0 Å². The normalized spacial score (nSPS) is 11.2. The van der Waals surface area contributed by atoms with Crippen LogP contribution in [0.1, 0.15) is 5.56 Å². The quantitative estimate of drug-likeness (QED) is 0.425. The van der Waals surface area contributed by atoms with Crippen molar-refractivity contribution < 1.29 is 9.47 Å². The third kappa shape index (κ3) is 3.28. The smallest absolute Gasteiger partial charge is 0.329 e. The van der Waals surface area contributed by atoms with Gasteiger partial charge in [0.2, 0.25) is 5.88 Å². The number of pyridine rings is 2. The number of aromatic nitrogens is 4.